The molecule has 1 aromatic rings. The molecule has 1 aromatic carbocycles. The number of hydrogen-bond donors (Lipinski definition) is 1. The summed E-state index contributed by atoms with van der Waals surface area (Å²) in [6, 6.07) is 9.95. The minimum atomic E-state index is -0.484. The van der Waals surface area contributed by atoms with Gasteiger partial charge < -0.3 is 19.3 Å². The summed E-state index contributed by atoms with van der Waals surface area (Å²) in [6.07, 6.45) is 3.25. The summed E-state index contributed by atoms with van der Waals surface area (Å²) in [7, 11) is 0. The van der Waals surface area contributed by atoms with Crippen molar-refractivity contribution in [2.45, 2.75) is 44.7 Å². The van der Waals surface area contributed by atoms with E-state index in [4.69, 9.17) is 14.2 Å². The average molecular weight is 280 g/mol. The van der Waals surface area contributed by atoms with E-state index in [1.54, 1.807) is 0 Å². The van der Waals surface area contributed by atoms with Gasteiger partial charge in [-0.3, -0.25) is 0 Å². The van der Waals surface area contributed by atoms with Crippen LogP contribution in [-0.2, 0) is 20.8 Å². The van der Waals surface area contributed by atoms with Gasteiger partial charge in [0.15, 0.2) is 6.29 Å². The van der Waals surface area contributed by atoms with Gasteiger partial charge in [0.25, 0.3) is 0 Å². The van der Waals surface area contributed by atoms with E-state index < -0.39 is 6.10 Å². The molecule has 1 N–H and O–H groups in total. The van der Waals surface area contributed by atoms with Crippen LogP contribution in [0.4, 0.5) is 0 Å². The molecule has 0 spiro atoms. The van der Waals surface area contributed by atoms with E-state index in [9.17, 15) is 5.11 Å². The van der Waals surface area contributed by atoms with Gasteiger partial charge in [-0.15, -0.1) is 0 Å². The smallest absolute Gasteiger partial charge is 0.157 e. The molecule has 1 aliphatic heterocycles. The van der Waals surface area contributed by atoms with Crippen molar-refractivity contribution < 1.29 is 19.3 Å². The summed E-state index contributed by atoms with van der Waals surface area (Å²) in [4.78, 5) is 0. The Kier molecular flexibility index (Phi) is 7.01. The Hall–Kier alpha value is -0.940. The van der Waals surface area contributed by atoms with Crippen LogP contribution in [0, 0.1) is 0 Å². The van der Waals surface area contributed by atoms with Gasteiger partial charge in [0.2, 0.25) is 0 Å². The molecule has 0 amide bonds. The fourth-order valence-electron chi connectivity index (χ4n) is 2.15. The zero-order chi connectivity index (χ0) is 14.0. The number of rotatable bonds is 8. The normalized spacial score (nSPS) is 20.8. The molecular weight excluding hydrogens is 256 g/mol. The monoisotopic (exact) mass is 280 g/mol. The maximum Gasteiger partial charge on any atom is 0.157 e. The largest absolute Gasteiger partial charge is 0.391 e. The lowest BCUT2D eigenvalue weighted by molar-refractivity contribution is -0.166. The van der Waals surface area contributed by atoms with Crippen LogP contribution >= 0.6 is 0 Å². The molecule has 0 aromatic heterocycles. The van der Waals surface area contributed by atoms with Crippen molar-refractivity contribution in [3.63, 3.8) is 0 Å². The molecule has 0 aliphatic carbocycles. The van der Waals surface area contributed by atoms with E-state index in [1.165, 1.54) is 0 Å². The fourth-order valence-corrected chi connectivity index (χ4v) is 2.15. The Morgan fingerprint density at radius 2 is 2.10 bits per heavy atom. The summed E-state index contributed by atoms with van der Waals surface area (Å²) in [5, 5.41) is 9.81. The Labute approximate surface area is 120 Å². The first-order valence-corrected chi connectivity index (χ1v) is 7.37. The van der Waals surface area contributed by atoms with Gasteiger partial charge in [-0.25, -0.2) is 0 Å². The summed E-state index contributed by atoms with van der Waals surface area (Å²) >= 11 is 0. The molecule has 2 rings (SSSR count). The minimum Gasteiger partial charge on any atom is -0.391 e. The van der Waals surface area contributed by atoms with Crippen LogP contribution in [0.1, 0.15) is 31.2 Å². The first kappa shape index (κ1) is 15.4. The van der Waals surface area contributed by atoms with E-state index in [0.29, 0.717) is 26.2 Å². The highest BCUT2D eigenvalue weighted by Gasteiger charge is 2.14. The molecule has 0 saturated carbocycles. The lowest BCUT2D eigenvalue weighted by Crippen LogP contribution is -2.25. The minimum absolute atomic E-state index is 0.0822. The summed E-state index contributed by atoms with van der Waals surface area (Å²) < 4.78 is 16.5. The van der Waals surface area contributed by atoms with Crippen molar-refractivity contribution >= 4 is 0 Å². The van der Waals surface area contributed by atoms with Gasteiger partial charge in [-0.2, -0.15) is 0 Å². The van der Waals surface area contributed by atoms with Gasteiger partial charge >= 0.3 is 0 Å². The number of benzene rings is 1. The van der Waals surface area contributed by atoms with Crippen LogP contribution in [0.2, 0.25) is 0 Å². The first-order chi connectivity index (χ1) is 9.84. The first-order valence-electron chi connectivity index (χ1n) is 7.37. The van der Waals surface area contributed by atoms with Gasteiger partial charge in [-0.05, 0) is 31.2 Å². The third kappa shape index (κ3) is 6.01. The maximum atomic E-state index is 9.81. The molecule has 1 saturated heterocycles. The van der Waals surface area contributed by atoms with Crippen LogP contribution in [-0.4, -0.2) is 37.3 Å². The zero-order valence-electron chi connectivity index (χ0n) is 11.9. The molecule has 1 aliphatic rings. The second-order valence-electron chi connectivity index (χ2n) is 5.11. The highest BCUT2D eigenvalue weighted by Crippen LogP contribution is 2.14. The van der Waals surface area contributed by atoms with Gasteiger partial charge in [-0.1, -0.05) is 30.3 Å². The fraction of sp³-hybridized carbons (Fsp3) is 0.625. The maximum absolute atomic E-state index is 9.81. The second-order valence-corrected chi connectivity index (χ2v) is 5.11. The van der Waals surface area contributed by atoms with Crippen LogP contribution < -0.4 is 0 Å². The Bertz CT molecular complexity index is 349. The third-order valence-corrected chi connectivity index (χ3v) is 3.31. The van der Waals surface area contributed by atoms with Gasteiger partial charge in [0.05, 0.1) is 25.9 Å². The van der Waals surface area contributed by atoms with Crippen molar-refractivity contribution in [1.82, 2.24) is 0 Å². The molecule has 0 bridgehead atoms. The van der Waals surface area contributed by atoms with E-state index in [-0.39, 0.29) is 6.29 Å². The van der Waals surface area contributed by atoms with Crippen molar-refractivity contribution in [3.8, 4) is 0 Å². The van der Waals surface area contributed by atoms with Crippen molar-refractivity contribution in [2.75, 3.05) is 19.8 Å². The van der Waals surface area contributed by atoms with Crippen LogP contribution in [0.3, 0.4) is 0 Å². The quantitative estimate of drug-likeness (QED) is 0.795. The molecule has 4 heteroatoms. The van der Waals surface area contributed by atoms with Crippen LogP contribution in [0.15, 0.2) is 30.3 Å². The lowest BCUT2D eigenvalue weighted by Gasteiger charge is -2.23. The number of aliphatic hydroxyl groups excluding tert-OH is 1. The predicted octanol–water partition coefficient (Wildman–Crippen LogP) is 2.50. The molecule has 4 nitrogen and oxygen atoms in total. The lowest BCUT2D eigenvalue weighted by atomic mass is 10.2. The van der Waals surface area contributed by atoms with Crippen molar-refractivity contribution in [2.24, 2.45) is 0 Å². The standard InChI is InChI=1S/C16H24O4/c17-15(9-11-20-16-8-4-5-10-19-16)13-18-12-14-6-2-1-3-7-14/h1-3,6-7,15-17H,4-5,8-13H2/t15-,16?/m1/s1. The molecule has 1 heterocycles. The van der Waals surface area contributed by atoms with Crippen molar-refractivity contribution in [1.29, 1.82) is 0 Å². The topological polar surface area (TPSA) is 47.9 Å². The van der Waals surface area contributed by atoms with E-state index in [0.717, 1.165) is 31.4 Å². The highest BCUT2D eigenvalue weighted by molar-refractivity contribution is 5.13. The Morgan fingerprint density at radius 3 is 2.85 bits per heavy atom. The van der Waals surface area contributed by atoms with E-state index >= 15 is 0 Å². The molecular formula is C16H24O4. The molecule has 1 fully saturated rings. The number of hydrogen-bond acceptors (Lipinski definition) is 4. The molecule has 2 atom stereocenters. The van der Waals surface area contributed by atoms with Crippen molar-refractivity contribution in [3.05, 3.63) is 35.9 Å². The summed E-state index contributed by atoms with van der Waals surface area (Å²) in [5.74, 6) is 0. The average Bonchev–Trinajstić information content (AvgIpc) is 2.49. The predicted molar refractivity (Wildman–Crippen MR) is 76.3 cm³/mol. The molecule has 112 valence electrons. The Balaban J connectivity index is 1.50. The second kappa shape index (κ2) is 9.08. The van der Waals surface area contributed by atoms with Crippen LogP contribution in [0.5, 0.6) is 0 Å². The zero-order valence-corrected chi connectivity index (χ0v) is 11.9. The molecule has 1 unspecified atom stereocenters. The third-order valence-electron chi connectivity index (χ3n) is 3.31. The van der Waals surface area contributed by atoms with Gasteiger partial charge in [0.1, 0.15) is 0 Å². The Morgan fingerprint density at radius 1 is 1.25 bits per heavy atom. The summed E-state index contributed by atoms with van der Waals surface area (Å²) in [5.41, 5.74) is 1.12. The van der Waals surface area contributed by atoms with E-state index in [2.05, 4.69) is 0 Å². The molecule has 20 heavy (non-hydrogen) atoms. The highest BCUT2D eigenvalue weighted by atomic mass is 16.7. The SMILES string of the molecule is O[C@H](CCOC1CCCCO1)COCc1ccccc1. The van der Waals surface area contributed by atoms with Gasteiger partial charge in [0, 0.05) is 6.61 Å². The number of ether oxygens (including phenoxy) is 3. The van der Waals surface area contributed by atoms with E-state index in [1.807, 2.05) is 30.3 Å². The number of aliphatic hydroxyl groups is 1. The summed E-state index contributed by atoms with van der Waals surface area (Å²) in [6.45, 7) is 2.17. The molecule has 0 radical (unpaired) electrons. The van der Waals surface area contributed by atoms with Crippen LogP contribution in [0.25, 0.3) is 0 Å².